The number of methoxy groups -OCH3 is 1. The van der Waals surface area contributed by atoms with Crippen molar-refractivity contribution in [3.8, 4) is 5.75 Å². The van der Waals surface area contributed by atoms with E-state index in [9.17, 15) is 5.11 Å². The van der Waals surface area contributed by atoms with Crippen molar-refractivity contribution in [2.75, 3.05) is 13.7 Å². The summed E-state index contributed by atoms with van der Waals surface area (Å²) in [5.41, 5.74) is 9.66. The molecule has 0 amide bonds. The minimum atomic E-state index is -0.810. The van der Waals surface area contributed by atoms with E-state index in [2.05, 4.69) is 10.0 Å². The first-order valence-electron chi connectivity index (χ1n) is 8.38. The third kappa shape index (κ3) is 3.93. The number of hydrogen-bond donors (Lipinski definition) is 1. The molecule has 2 fully saturated rings. The van der Waals surface area contributed by atoms with Crippen LogP contribution in [0.1, 0.15) is 19.4 Å². The van der Waals surface area contributed by atoms with Crippen molar-refractivity contribution in [1.82, 2.24) is 0 Å². The lowest BCUT2D eigenvalue weighted by Crippen LogP contribution is -2.39. The number of benzene rings is 1. The lowest BCUT2D eigenvalue weighted by atomic mass is 10.1. The van der Waals surface area contributed by atoms with E-state index in [1.54, 1.807) is 21.0 Å². The van der Waals surface area contributed by atoms with Gasteiger partial charge in [0.1, 0.15) is 24.1 Å². The molecule has 3 rings (SSSR count). The molecule has 0 spiro atoms. The van der Waals surface area contributed by atoms with Crippen molar-refractivity contribution in [2.24, 2.45) is 5.11 Å². The molecule has 142 valence electrons. The summed E-state index contributed by atoms with van der Waals surface area (Å²) in [6, 6.07) is 6.72. The molecule has 1 N–H and O–H groups in total. The van der Waals surface area contributed by atoms with E-state index >= 15 is 0 Å². The Bertz CT molecular complexity index is 661. The Labute approximate surface area is 151 Å². The zero-order valence-corrected chi connectivity index (χ0v) is 14.9. The second-order valence-corrected chi connectivity index (χ2v) is 6.65. The van der Waals surface area contributed by atoms with Crippen LogP contribution in [-0.4, -0.2) is 55.3 Å². The van der Waals surface area contributed by atoms with Gasteiger partial charge in [0.15, 0.2) is 12.1 Å². The molecule has 1 aromatic rings. The number of hydrogen-bond acceptors (Lipinski definition) is 7. The lowest BCUT2D eigenvalue weighted by molar-refractivity contribution is -0.239. The third-order valence-electron chi connectivity index (χ3n) is 4.39. The maximum Gasteiger partial charge on any atom is 0.187 e. The van der Waals surface area contributed by atoms with Gasteiger partial charge < -0.3 is 28.8 Å². The fourth-order valence-corrected chi connectivity index (χ4v) is 3.21. The highest BCUT2D eigenvalue weighted by atomic mass is 16.8. The first-order valence-corrected chi connectivity index (χ1v) is 8.38. The number of aliphatic hydroxyl groups is 1. The van der Waals surface area contributed by atoms with E-state index in [4.69, 9.17) is 29.2 Å². The number of nitrogens with zero attached hydrogens (tertiary/aromatic N) is 3. The minimum absolute atomic E-state index is 0.305. The molecule has 9 nitrogen and oxygen atoms in total. The monoisotopic (exact) mass is 365 g/mol. The Balaban J connectivity index is 1.70. The van der Waals surface area contributed by atoms with Crippen LogP contribution in [0.4, 0.5) is 0 Å². The zero-order chi connectivity index (χ0) is 18.7. The largest absolute Gasteiger partial charge is 0.497 e. The second-order valence-electron chi connectivity index (χ2n) is 6.65. The summed E-state index contributed by atoms with van der Waals surface area (Å²) in [6.07, 6.45) is -2.31. The summed E-state index contributed by atoms with van der Waals surface area (Å²) in [5, 5.41) is 13.1. The summed E-state index contributed by atoms with van der Waals surface area (Å²) in [5.74, 6) is -0.0458. The standard InChI is InChI=1S/C17H23N3O6/c1-17(2)25-14-13(12(8-21)19-20-18)24-16(15(14)26-17)23-9-10-4-6-11(22-3)7-5-10/h4-7,12-16,21H,8-9H2,1-3H3/t12-,13+,14-,15-,16-/m0/s1. The van der Waals surface area contributed by atoms with E-state index in [0.29, 0.717) is 6.61 Å². The highest BCUT2D eigenvalue weighted by Gasteiger charge is 2.57. The first-order chi connectivity index (χ1) is 12.5. The molecule has 0 aliphatic carbocycles. The highest BCUT2D eigenvalue weighted by molar-refractivity contribution is 5.26. The minimum Gasteiger partial charge on any atom is -0.497 e. The van der Waals surface area contributed by atoms with E-state index in [1.165, 1.54) is 0 Å². The van der Waals surface area contributed by atoms with Gasteiger partial charge in [-0.2, -0.15) is 0 Å². The second kappa shape index (κ2) is 7.79. The molecule has 2 aliphatic rings. The van der Waals surface area contributed by atoms with Gasteiger partial charge in [0, 0.05) is 4.91 Å². The quantitative estimate of drug-likeness (QED) is 0.450. The van der Waals surface area contributed by atoms with E-state index < -0.39 is 36.4 Å². The van der Waals surface area contributed by atoms with Crippen LogP contribution in [0.15, 0.2) is 29.4 Å². The van der Waals surface area contributed by atoms with Gasteiger partial charge in [-0.05, 0) is 37.1 Å². The van der Waals surface area contributed by atoms with E-state index in [1.807, 2.05) is 24.3 Å². The Morgan fingerprint density at radius 2 is 1.96 bits per heavy atom. The third-order valence-corrected chi connectivity index (χ3v) is 4.39. The van der Waals surface area contributed by atoms with Crippen LogP contribution in [-0.2, 0) is 25.6 Å². The molecule has 1 aromatic carbocycles. The predicted molar refractivity (Wildman–Crippen MR) is 90.3 cm³/mol. The normalized spacial score (nSPS) is 30.5. The van der Waals surface area contributed by atoms with Crippen LogP contribution >= 0.6 is 0 Å². The van der Waals surface area contributed by atoms with Gasteiger partial charge in [-0.1, -0.05) is 17.2 Å². The Morgan fingerprint density at radius 1 is 1.27 bits per heavy atom. The molecular weight excluding hydrogens is 342 g/mol. The van der Waals surface area contributed by atoms with Crippen LogP contribution in [0.25, 0.3) is 10.4 Å². The van der Waals surface area contributed by atoms with Gasteiger partial charge in [0.25, 0.3) is 0 Å². The first kappa shape index (κ1) is 18.9. The Morgan fingerprint density at radius 3 is 2.58 bits per heavy atom. The maximum absolute atomic E-state index is 9.52. The number of aliphatic hydroxyl groups excluding tert-OH is 1. The molecule has 0 saturated carbocycles. The summed E-state index contributed by atoms with van der Waals surface area (Å²) in [4.78, 5) is 2.77. The van der Waals surface area contributed by atoms with Gasteiger partial charge in [0.2, 0.25) is 0 Å². The predicted octanol–water partition coefficient (Wildman–Crippen LogP) is 2.13. The molecule has 0 radical (unpaired) electrons. The molecule has 5 atom stereocenters. The van der Waals surface area contributed by atoms with Crippen LogP contribution in [0.5, 0.6) is 5.75 Å². The summed E-state index contributed by atoms with van der Waals surface area (Å²) >= 11 is 0. The van der Waals surface area contributed by atoms with Gasteiger partial charge in [-0.3, -0.25) is 0 Å². The maximum atomic E-state index is 9.52. The Kier molecular flexibility index (Phi) is 5.67. The van der Waals surface area contributed by atoms with Crippen molar-refractivity contribution >= 4 is 0 Å². The van der Waals surface area contributed by atoms with E-state index in [0.717, 1.165) is 11.3 Å². The smallest absolute Gasteiger partial charge is 0.187 e. The van der Waals surface area contributed by atoms with Crippen LogP contribution in [0.2, 0.25) is 0 Å². The molecule has 2 heterocycles. The average molecular weight is 365 g/mol. The van der Waals surface area contributed by atoms with Gasteiger partial charge >= 0.3 is 0 Å². The van der Waals surface area contributed by atoms with Crippen LogP contribution in [0, 0.1) is 0 Å². The SMILES string of the molecule is COc1ccc(CO[C@H]2O[C@H]([C@H](CO)N=[N+]=[N-])[C@@H]3OC(C)(C)O[C@H]23)cc1. The van der Waals surface area contributed by atoms with Crippen LogP contribution in [0.3, 0.4) is 0 Å². The van der Waals surface area contributed by atoms with Gasteiger partial charge in [0.05, 0.1) is 26.4 Å². The van der Waals surface area contributed by atoms with Gasteiger partial charge in [-0.25, -0.2) is 0 Å². The van der Waals surface area contributed by atoms with Crippen molar-refractivity contribution < 1.29 is 28.8 Å². The Hall–Kier alpha value is -1.87. The van der Waals surface area contributed by atoms with Crippen molar-refractivity contribution in [2.45, 2.75) is 56.9 Å². The zero-order valence-electron chi connectivity index (χ0n) is 14.9. The summed E-state index contributed by atoms with van der Waals surface area (Å²) in [7, 11) is 1.61. The molecule has 9 heteroatoms. The lowest BCUT2D eigenvalue weighted by Gasteiger charge is -2.26. The number of azide groups is 1. The number of fused-ring (bicyclic) bond motifs is 1. The molecule has 0 unspecified atom stereocenters. The van der Waals surface area contributed by atoms with E-state index in [-0.39, 0.29) is 6.61 Å². The fraction of sp³-hybridized carbons (Fsp3) is 0.647. The number of rotatable bonds is 7. The molecule has 0 aromatic heterocycles. The highest BCUT2D eigenvalue weighted by Crippen LogP contribution is 2.40. The molecule has 2 aliphatic heterocycles. The fourth-order valence-electron chi connectivity index (χ4n) is 3.21. The topological polar surface area (TPSA) is 115 Å². The molecular formula is C17H23N3O6. The average Bonchev–Trinajstić information content (AvgIpc) is 3.11. The van der Waals surface area contributed by atoms with Crippen molar-refractivity contribution in [3.05, 3.63) is 40.3 Å². The van der Waals surface area contributed by atoms with Crippen molar-refractivity contribution in [1.29, 1.82) is 0 Å². The van der Waals surface area contributed by atoms with Crippen molar-refractivity contribution in [3.63, 3.8) is 0 Å². The van der Waals surface area contributed by atoms with Crippen LogP contribution < -0.4 is 4.74 Å². The summed E-state index contributed by atoms with van der Waals surface area (Å²) < 4.78 is 28.7. The molecule has 2 saturated heterocycles. The number of ether oxygens (including phenoxy) is 5. The summed E-state index contributed by atoms with van der Waals surface area (Å²) in [6.45, 7) is 3.54. The molecule has 26 heavy (non-hydrogen) atoms. The molecule has 0 bridgehead atoms. The van der Waals surface area contributed by atoms with Gasteiger partial charge in [-0.15, -0.1) is 0 Å².